The van der Waals surface area contributed by atoms with Crippen LogP contribution in [0.3, 0.4) is 0 Å². The third-order valence-electron chi connectivity index (χ3n) is 4.61. The van der Waals surface area contributed by atoms with Crippen LogP contribution < -0.4 is 11.1 Å². The van der Waals surface area contributed by atoms with Gasteiger partial charge in [-0.05, 0) is 30.3 Å². The van der Waals surface area contributed by atoms with Crippen LogP contribution in [0.1, 0.15) is 21.8 Å². The number of carbonyl (C=O) groups excluding carboxylic acids is 2. The van der Waals surface area contributed by atoms with Crippen molar-refractivity contribution in [3.63, 3.8) is 0 Å². The number of hydrogen-bond donors (Lipinski definition) is 2. The smallest absolute Gasteiger partial charge is 0.264 e. The predicted octanol–water partition coefficient (Wildman–Crippen LogP) is 3.01. The molecule has 7 nitrogen and oxygen atoms in total. The summed E-state index contributed by atoms with van der Waals surface area (Å²) in [6.07, 6.45) is 1.57. The van der Waals surface area contributed by atoms with Gasteiger partial charge in [-0.15, -0.1) is 0 Å². The van der Waals surface area contributed by atoms with E-state index in [2.05, 4.69) is 10.4 Å². The monoisotopic (exact) mass is 370 g/mol. The van der Waals surface area contributed by atoms with Gasteiger partial charge in [0.05, 0.1) is 11.3 Å². The maximum atomic E-state index is 12.5. The zero-order valence-corrected chi connectivity index (χ0v) is 14.5. The molecule has 2 aromatic carbocycles. The lowest BCUT2D eigenvalue weighted by Gasteiger charge is -2.13. The standard InChI is InChI=1S/C21H14N4O3/c22-19-17-18(24-25(19)13-7-2-1-3-8-13)15(20(26)23-21(17)27)11-14-10-12-6-4-5-9-16(12)28-14/h1-11H,22H2,(H,23,26,27)/b15-11+. The number of carbonyl (C=O) groups is 2. The highest BCUT2D eigenvalue weighted by Crippen LogP contribution is 2.31. The van der Waals surface area contributed by atoms with Gasteiger partial charge in [0.1, 0.15) is 28.4 Å². The average molecular weight is 370 g/mol. The first-order valence-electron chi connectivity index (χ1n) is 8.62. The lowest BCUT2D eigenvalue weighted by Crippen LogP contribution is -2.36. The summed E-state index contributed by atoms with van der Waals surface area (Å²) in [6, 6.07) is 18.5. The van der Waals surface area contributed by atoms with Crippen LogP contribution in [-0.4, -0.2) is 21.6 Å². The molecule has 3 heterocycles. The molecule has 7 heteroatoms. The summed E-state index contributed by atoms with van der Waals surface area (Å²) in [7, 11) is 0. The van der Waals surface area contributed by atoms with Crippen LogP contribution in [0.25, 0.3) is 28.3 Å². The topological polar surface area (TPSA) is 103 Å². The first-order chi connectivity index (χ1) is 13.6. The van der Waals surface area contributed by atoms with Gasteiger partial charge in [0.25, 0.3) is 11.8 Å². The number of benzene rings is 2. The van der Waals surface area contributed by atoms with Crippen LogP contribution in [0.4, 0.5) is 5.82 Å². The third kappa shape index (κ3) is 2.41. The molecular formula is C21H14N4O3. The number of amides is 2. The molecule has 5 rings (SSSR count). The Balaban J connectivity index is 1.69. The maximum absolute atomic E-state index is 12.5. The number of aromatic nitrogens is 2. The first kappa shape index (κ1) is 16.1. The van der Waals surface area contributed by atoms with E-state index in [1.54, 1.807) is 6.08 Å². The Hall–Kier alpha value is -4.13. The fourth-order valence-corrected chi connectivity index (χ4v) is 3.30. The second-order valence-electron chi connectivity index (χ2n) is 6.38. The first-order valence-corrected chi connectivity index (χ1v) is 8.62. The summed E-state index contributed by atoms with van der Waals surface area (Å²) in [5.41, 5.74) is 8.21. The number of furan rings is 1. The van der Waals surface area contributed by atoms with Crippen molar-refractivity contribution in [1.29, 1.82) is 0 Å². The van der Waals surface area contributed by atoms with Crippen molar-refractivity contribution in [3.8, 4) is 5.69 Å². The molecule has 0 radical (unpaired) electrons. The Morgan fingerprint density at radius 3 is 2.54 bits per heavy atom. The highest BCUT2D eigenvalue weighted by molar-refractivity contribution is 6.34. The molecule has 2 aromatic heterocycles. The minimum atomic E-state index is -0.568. The van der Waals surface area contributed by atoms with Gasteiger partial charge in [-0.3, -0.25) is 14.9 Å². The van der Waals surface area contributed by atoms with Crippen LogP contribution in [-0.2, 0) is 4.79 Å². The molecule has 28 heavy (non-hydrogen) atoms. The maximum Gasteiger partial charge on any atom is 0.264 e. The van der Waals surface area contributed by atoms with Crippen LogP contribution in [0.2, 0.25) is 0 Å². The number of rotatable bonds is 2. The van der Waals surface area contributed by atoms with Crippen molar-refractivity contribution >= 4 is 40.3 Å². The van der Waals surface area contributed by atoms with Crippen LogP contribution >= 0.6 is 0 Å². The summed E-state index contributed by atoms with van der Waals surface area (Å²) < 4.78 is 7.23. The number of anilines is 1. The molecule has 0 fully saturated rings. The highest BCUT2D eigenvalue weighted by Gasteiger charge is 2.34. The van der Waals surface area contributed by atoms with Crippen LogP contribution in [0.15, 0.2) is 65.1 Å². The van der Waals surface area contributed by atoms with Gasteiger partial charge in [-0.2, -0.15) is 5.10 Å². The van der Waals surface area contributed by atoms with Gasteiger partial charge in [-0.1, -0.05) is 36.4 Å². The summed E-state index contributed by atoms with van der Waals surface area (Å²) >= 11 is 0. The predicted molar refractivity (Wildman–Crippen MR) is 105 cm³/mol. The van der Waals surface area contributed by atoms with Crippen molar-refractivity contribution < 1.29 is 14.0 Å². The Bertz CT molecular complexity index is 1250. The van der Waals surface area contributed by atoms with Crippen molar-refractivity contribution in [2.45, 2.75) is 0 Å². The molecule has 136 valence electrons. The van der Waals surface area contributed by atoms with Crippen molar-refractivity contribution in [2.24, 2.45) is 0 Å². The quantitative estimate of drug-likeness (QED) is 0.417. The molecule has 4 aromatic rings. The average Bonchev–Trinajstić information content (AvgIpc) is 3.26. The molecule has 1 aliphatic heterocycles. The Kier molecular flexibility index (Phi) is 3.42. The molecule has 0 spiro atoms. The van der Waals surface area contributed by atoms with Crippen LogP contribution in [0.5, 0.6) is 0 Å². The van der Waals surface area contributed by atoms with Crippen molar-refractivity contribution in [1.82, 2.24) is 15.1 Å². The van der Waals surface area contributed by atoms with E-state index in [0.29, 0.717) is 17.0 Å². The number of fused-ring (bicyclic) bond motifs is 2. The fourth-order valence-electron chi connectivity index (χ4n) is 3.30. The number of imide groups is 1. The van der Waals surface area contributed by atoms with Gasteiger partial charge < -0.3 is 10.2 Å². The molecule has 0 saturated carbocycles. The van der Waals surface area contributed by atoms with Gasteiger partial charge in [0.2, 0.25) is 0 Å². The summed E-state index contributed by atoms with van der Waals surface area (Å²) in [4.78, 5) is 24.9. The second kappa shape index (κ2) is 5.95. The number of nitrogens with one attached hydrogen (secondary N) is 1. The number of hydrogen-bond acceptors (Lipinski definition) is 5. The van der Waals surface area contributed by atoms with Crippen molar-refractivity contribution in [2.75, 3.05) is 5.73 Å². The molecule has 1 aliphatic rings. The van der Waals surface area contributed by atoms with E-state index < -0.39 is 11.8 Å². The Morgan fingerprint density at radius 2 is 1.75 bits per heavy atom. The lowest BCUT2D eigenvalue weighted by atomic mass is 10.0. The zero-order valence-electron chi connectivity index (χ0n) is 14.5. The summed E-state index contributed by atoms with van der Waals surface area (Å²) in [6.45, 7) is 0. The SMILES string of the molecule is Nc1c2c(nn1-c1ccccc1)/C(=C\c1cc3ccccc3o1)C(=O)NC2=O. The van der Waals surface area contributed by atoms with Gasteiger partial charge in [0.15, 0.2) is 0 Å². The molecule has 3 N–H and O–H groups in total. The molecule has 2 amide bonds. The molecular weight excluding hydrogens is 356 g/mol. The second-order valence-corrected chi connectivity index (χ2v) is 6.38. The zero-order chi connectivity index (χ0) is 19.3. The Labute approximate surface area is 159 Å². The largest absolute Gasteiger partial charge is 0.457 e. The van der Waals surface area contributed by atoms with Gasteiger partial charge in [-0.25, -0.2) is 4.68 Å². The lowest BCUT2D eigenvalue weighted by molar-refractivity contribution is -0.114. The van der Waals surface area contributed by atoms with E-state index in [4.69, 9.17) is 10.2 Å². The van der Waals surface area contributed by atoms with E-state index in [-0.39, 0.29) is 22.6 Å². The minimum Gasteiger partial charge on any atom is -0.457 e. The van der Waals surface area contributed by atoms with E-state index >= 15 is 0 Å². The Morgan fingerprint density at radius 1 is 1.00 bits per heavy atom. The highest BCUT2D eigenvalue weighted by atomic mass is 16.3. The van der Waals surface area contributed by atoms with Crippen LogP contribution in [0, 0.1) is 0 Å². The summed E-state index contributed by atoms with van der Waals surface area (Å²) in [5, 5.41) is 7.69. The molecule has 0 aliphatic carbocycles. The minimum absolute atomic E-state index is 0.168. The number of nitrogens with zero attached hydrogens (tertiary/aromatic N) is 2. The van der Waals surface area contributed by atoms with Gasteiger partial charge in [0, 0.05) is 5.39 Å². The molecule has 0 bridgehead atoms. The number of nitrogen functional groups attached to an aromatic ring is 1. The normalized spacial score (nSPS) is 15.1. The van der Waals surface area contributed by atoms with E-state index in [1.807, 2.05) is 60.7 Å². The fraction of sp³-hybridized carbons (Fsp3) is 0. The third-order valence-corrected chi connectivity index (χ3v) is 4.61. The van der Waals surface area contributed by atoms with E-state index in [1.165, 1.54) is 4.68 Å². The molecule has 0 atom stereocenters. The number of nitrogens with two attached hydrogens (primary N) is 1. The molecule has 0 unspecified atom stereocenters. The molecule has 0 saturated heterocycles. The van der Waals surface area contributed by atoms with Gasteiger partial charge >= 0.3 is 0 Å². The van der Waals surface area contributed by atoms with E-state index in [9.17, 15) is 9.59 Å². The summed E-state index contributed by atoms with van der Waals surface area (Å²) in [5.74, 6) is -0.460. The number of para-hydroxylation sites is 2. The van der Waals surface area contributed by atoms with Crippen molar-refractivity contribution in [3.05, 3.63) is 77.7 Å². The van der Waals surface area contributed by atoms with E-state index in [0.717, 1.165) is 5.39 Å².